The number of hydrogen-bond donors (Lipinski definition) is 1. The lowest BCUT2D eigenvalue weighted by atomic mass is 10.2. The fourth-order valence-corrected chi connectivity index (χ4v) is 3.21. The number of aryl methyl sites for hydroxylation is 2. The molecule has 30 heavy (non-hydrogen) atoms. The van der Waals surface area contributed by atoms with E-state index in [2.05, 4.69) is 27.5 Å². The highest BCUT2D eigenvalue weighted by Gasteiger charge is 2.07. The van der Waals surface area contributed by atoms with Crippen LogP contribution >= 0.6 is 0 Å². The van der Waals surface area contributed by atoms with Gasteiger partial charge < -0.3 is 19.4 Å². The van der Waals surface area contributed by atoms with Crippen LogP contribution in [0.2, 0.25) is 0 Å². The number of hydrogen-bond acceptors (Lipinski definition) is 4. The second kappa shape index (κ2) is 10.3. The Labute approximate surface area is 176 Å². The van der Waals surface area contributed by atoms with Crippen LogP contribution in [0.4, 0.5) is 0 Å². The number of methoxy groups -OCH3 is 1. The predicted octanol–water partition coefficient (Wildman–Crippen LogP) is 4.14. The molecule has 1 amide bonds. The third kappa shape index (κ3) is 5.29. The van der Waals surface area contributed by atoms with Crippen molar-refractivity contribution in [3.05, 3.63) is 72.6 Å². The molecular weight excluding hydrogens is 378 g/mol. The Morgan fingerprint density at radius 1 is 1.23 bits per heavy atom. The SMILES string of the molecule is C=CCOc1ccc(/C=C/C(=O)NCCCn2c(C)nc3ccccc32)cc1OC. The molecule has 0 bridgehead atoms. The zero-order chi connectivity index (χ0) is 21.3. The van der Waals surface area contributed by atoms with Gasteiger partial charge in [0, 0.05) is 19.2 Å². The minimum absolute atomic E-state index is 0.131. The van der Waals surface area contributed by atoms with Crippen LogP contribution in [0.15, 0.2) is 61.2 Å². The van der Waals surface area contributed by atoms with Crippen molar-refractivity contribution >= 4 is 23.0 Å². The minimum Gasteiger partial charge on any atom is -0.493 e. The van der Waals surface area contributed by atoms with E-state index in [1.807, 2.05) is 43.3 Å². The van der Waals surface area contributed by atoms with E-state index in [-0.39, 0.29) is 5.91 Å². The number of carbonyl (C=O) groups is 1. The van der Waals surface area contributed by atoms with Gasteiger partial charge in [0.2, 0.25) is 5.91 Å². The maximum absolute atomic E-state index is 12.1. The summed E-state index contributed by atoms with van der Waals surface area (Å²) in [6.45, 7) is 7.44. The molecule has 1 aromatic heterocycles. The second-order valence-electron chi connectivity index (χ2n) is 6.79. The van der Waals surface area contributed by atoms with Crippen molar-refractivity contribution in [2.24, 2.45) is 0 Å². The number of carbonyl (C=O) groups excluding carboxylic acids is 1. The Morgan fingerprint density at radius 3 is 2.87 bits per heavy atom. The summed E-state index contributed by atoms with van der Waals surface area (Å²) in [5, 5.41) is 2.92. The second-order valence-corrected chi connectivity index (χ2v) is 6.79. The summed E-state index contributed by atoms with van der Waals surface area (Å²) >= 11 is 0. The van der Waals surface area contributed by atoms with Crippen molar-refractivity contribution in [1.29, 1.82) is 0 Å². The summed E-state index contributed by atoms with van der Waals surface area (Å²) in [4.78, 5) is 16.7. The Kier molecular flexibility index (Phi) is 7.27. The summed E-state index contributed by atoms with van der Waals surface area (Å²) in [5.74, 6) is 2.11. The first kappa shape index (κ1) is 21.2. The molecule has 0 radical (unpaired) electrons. The van der Waals surface area contributed by atoms with Gasteiger partial charge in [0.15, 0.2) is 11.5 Å². The van der Waals surface area contributed by atoms with Crippen molar-refractivity contribution in [1.82, 2.24) is 14.9 Å². The number of para-hydroxylation sites is 2. The quantitative estimate of drug-likeness (QED) is 0.313. The molecule has 0 aliphatic carbocycles. The highest BCUT2D eigenvalue weighted by Crippen LogP contribution is 2.28. The molecule has 1 N–H and O–H groups in total. The smallest absolute Gasteiger partial charge is 0.244 e. The van der Waals surface area contributed by atoms with Crippen LogP contribution in [0.25, 0.3) is 17.1 Å². The standard InChI is InChI=1S/C24H27N3O3/c1-4-16-30-22-12-10-19(17-23(22)29-3)11-13-24(28)25-14-7-15-27-18(2)26-20-8-5-6-9-21(20)27/h4-6,8-13,17H,1,7,14-16H2,2-3H3,(H,25,28)/b13-11+. The number of imidazole rings is 1. The molecule has 156 valence electrons. The van der Waals surface area contributed by atoms with E-state index in [0.717, 1.165) is 35.4 Å². The molecule has 0 fully saturated rings. The Bertz CT molecular complexity index is 1050. The lowest BCUT2D eigenvalue weighted by Gasteiger charge is -2.09. The predicted molar refractivity (Wildman–Crippen MR) is 120 cm³/mol. The number of aromatic nitrogens is 2. The molecule has 0 aliphatic heterocycles. The van der Waals surface area contributed by atoms with E-state index in [1.165, 1.54) is 6.08 Å². The number of rotatable bonds is 10. The molecule has 0 saturated heterocycles. The van der Waals surface area contributed by atoms with Crippen molar-refractivity contribution in [3.8, 4) is 11.5 Å². The summed E-state index contributed by atoms with van der Waals surface area (Å²) < 4.78 is 13.1. The third-order valence-electron chi connectivity index (χ3n) is 4.67. The normalized spacial score (nSPS) is 11.0. The zero-order valence-corrected chi connectivity index (χ0v) is 17.4. The molecular formula is C24H27N3O3. The van der Waals surface area contributed by atoms with E-state index in [4.69, 9.17) is 9.47 Å². The summed E-state index contributed by atoms with van der Waals surface area (Å²) in [5.41, 5.74) is 2.97. The van der Waals surface area contributed by atoms with Crippen LogP contribution in [0.5, 0.6) is 11.5 Å². The molecule has 0 aliphatic rings. The highest BCUT2D eigenvalue weighted by atomic mass is 16.5. The van der Waals surface area contributed by atoms with Gasteiger partial charge in [-0.2, -0.15) is 0 Å². The average Bonchev–Trinajstić information content (AvgIpc) is 3.09. The monoisotopic (exact) mass is 405 g/mol. The number of ether oxygens (including phenoxy) is 2. The number of benzene rings is 2. The van der Waals surface area contributed by atoms with E-state index in [0.29, 0.717) is 24.7 Å². The largest absolute Gasteiger partial charge is 0.493 e. The fourth-order valence-electron chi connectivity index (χ4n) is 3.21. The number of nitrogens with one attached hydrogen (secondary N) is 1. The van der Waals surface area contributed by atoms with Gasteiger partial charge in [-0.15, -0.1) is 0 Å². The maximum Gasteiger partial charge on any atom is 0.244 e. The molecule has 0 unspecified atom stereocenters. The van der Waals surface area contributed by atoms with Gasteiger partial charge in [0.1, 0.15) is 12.4 Å². The molecule has 1 heterocycles. The van der Waals surface area contributed by atoms with Crippen molar-refractivity contribution in [2.45, 2.75) is 19.9 Å². The van der Waals surface area contributed by atoms with E-state index < -0.39 is 0 Å². The van der Waals surface area contributed by atoms with E-state index in [9.17, 15) is 4.79 Å². The fraction of sp³-hybridized carbons (Fsp3) is 0.250. The molecule has 0 atom stereocenters. The van der Waals surface area contributed by atoms with Gasteiger partial charge in [-0.25, -0.2) is 4.98 Å². The van der Waals surface area contributed by atoms with Gasteiger partial charge in [-0.1, -0.05) is 30.9 Å². The lowest BCUT2D eigenvalue weighted by molar-refractivity contribution is -0.116. The zero-order valence-electron chi connectivity index (χ0n) is 17.4. The summed E-state index contributed by atoms with van der Waals surface area (Å²) in [6.07, 6.45) is 5.78. The van der Waals surface area contributed by atoms with Gasteiger partial charge in [-0.3, -0.25) is 4.79 Å². The first-order valence-electron chi connectivity index (χ1n) is 9.92. The molecule has 6 nitrogen and oxygen atoms in total. The van der Waals surface area contributed by atoms with Gasteiger partial charge in [-0.05, 0) is 49.2 Å². The number of fused-ring (bicyclic) bond motifs is 1. The van der Waals surface area contributed by atoms with Gasteiger partial charge >= 0.3 is 0 Å². The first-order chi connectivity index (χ1) is 14.6. The van der Waals surface area contributed by atoms with E-state index in [1.54, 1.807) is 19.3 Å². The minimum atomic E-state index is -0.131. The summed E-state index contributed by atoms with van der Waals surface area (Å²) in [6, 6.07) is 13.6. The van der Waals surface area contributed by atoms with Crippen molar-refractivity contribution in [2.75, 3.05) is 20.3 Å². The molecule has 0 spiro atoms. The van der Waals surface area contributed by atoms with Crippen LogP contribution in [-0.4, -0.2) is 35.7 Å². The summed E-state index contributed by atoms with van der Waals surface area (Å²) in [7, 11) is 1.58. The van der Waals surface area contributed by atoms with Crippen LogP contribution in [-0.2, 0) is 11.3 Å². The average molecular weight is 405 g/mol. The van der Waals surface area contributed by atoms with Gasteiger partial charge in [0.05, 0.1) is 18.1 Å². The first-order valence-corrected chi connectivity index (χ1v) is 9.92. The molecule has 6 heteroatoms. The van der Waals surface area contributed by atoms with Crippen LogP contribution in [0.1, 0.15) is 17.8 Å². The van der Waals surface area contributed by atoms with E-state index >= 15 is 0 Å². The number of nitrogens with zero attached hydrogens (tertiary/aromatic N) is 2. The lowest BCUT2D eigenvalue weighted by Crippen LogP contribution is -2.23. The Morgan fingerprint density at radius 2 is 2.07 bits per heavy atom. The van der Waals surface area contributed by atoms with Crippen molar-refractivity contribution in [3.63, 3.8) is 0 Å². The molecule has 3 aromatic rings. The number of amides is 1. The van der Waals surface area contributed by atoms with Crippen LogP contribution in [0.3, 0.4) is 0 Å². The van der Waals surface area contributed by atoms with Crippen LogP contribution < -0.4 is 14.8 Å². The highest BCUT2D eigenvalue weighted by molar-refractivity contribution is 5.91. The Balaban J connectivity index is 1.50. The Hall–Kier alpha value is -3.54. The molecule has 0 saturated carbocycles. The van der Waals surface area contributed by atoms with Crippen molar-refractivity contribution < 1.29 is 14.3 Å². The van der Waals surface area contributed by atoms with Gasteiger partial charge in [0.25, 0.3) is 0 Å². The topological polar surface area (TPSA) is 65.4 Å². The third-order valence-corrected chi connectivity index (χ3v) is 4.67. The molecule has 3 rings (SSSR count). The van der Waals surface area contributed by atoms with Crippen LogP contribution in [0, 0.1) is 6.92 Å². The molecule has 2 aromatic carbocycles. The maximum atomic E-state index is 12.1.